The van der Waals surface area contributed by atoms with Gasteiger partial charge >= 0.3 is 0 Å². The molecule has 1 amide bonds. The first-order valence-corrected chi connectivity index (χ1v) is 12.1. The van der Waals surface area contributed by atoms with Crippen LogP contribution in [0.15, 0.2) is 48.0 Å². The van der Waals surface area contributed by atoms with Gasteiger partial charge in [0.05, 0.1) is 24.8 Å². The summed E-state index contributed by atoms with van der Waals surface area (Å²) in [7, 11) is 1.55. The summed E-state index contributed by atoms with van der Waals surface area (Å²) in [4.78, 5) is 27.6. The molecular weight excluding hydrogens is 442 g/mol. The number of Topliss-reactive ketones (excluding diaryl/α,β-unsaturated/α-hetero) is 1. The lowest BCUT2D eigenvalue weighted by molar-refractivity contribution is -0.140. The molecule has 0 aromatic heterocycles. The van der Waals surface area contributed by atoms with Gasteiger partial charge < -0.3 is 19.5 Å². The van der Waals surface area contributed by atoms with Crippen LogP contribution in [0.4, 0.5) is 0 Å². The summed E-state index contributed by atoms with van der Waals surface area (Å²) < 4.78 is 11.0. The normalized spacial score (nSPS) is 17.9. The summed E-state index contributed by atoms with van der Waals surface area (Å²) in [6, 6.07) is 12.5. The fourth-order valence-electron chi connectivity index (χ4n) is 4.18. The Labute approximate surface area is 208 Å². The number of hydrogen-bond donors (Lipinski definition) is 1. The van der Waals surface area contributed by atoms with E-state index in [4.69, 9.17) is 9.47 Å². The molecule has 3 rings (SSSR count). The summed E-state index contributed by atoms with van der Waals surface area (Å²) in [5.74, 6) is -0.407. The molecule has 0 unspecified atom stereocenters. The molecule has 0 bridgehead atoms. The number of carbonyl (C=O) groups is 2. The predicted molar refractivity (Wildman–Crippen MR) is 138 cm³/mol. The maximum Gasteiger partial charge on any atom is 0.295 e. The fourth-order valence-corrected chi connectivity index (χ4v) is 4.18. The smallest absolute Gasteiger partial charge is 0.295 e. The predicted octanol–water partition coefficient (Wildman–Crippen LogP) is 5.40. The average molecular weight is 480 g/mol. The van der Waals surface area contributed by atoms with Crippen molar-refractivity contribution in [2.75, 3.05) is 26.9 Å². The average Bonchev–Trinajstić information content (AvgIpc) is 3.05. The van der Waals surface area contributed by atoms with E-state index >= 15 is 0 Å². The SMILES string of the molecule is COCCN1C(=O)C(=O)/C(=C(/O)c2ccc(OCC(C)C)c(C)c2)[C@@H]1c1ccc(C(C)(C)C)cc1. The van der Waals surface area contributed by atoms with Crippen LogP contribution in [0.1, 0.15) is 62.9 Å². The van der Waals surface area contributed by atoms with Crippen LogP contribution in [-0.2, 0) is 19.7 Å². The van der Waals surface area contributed by atoms with Gasteiger partial charge in [-0.05, 0) is 53.1 Å². The lowest BCUT2D eigenvalue weighted by atomic mass is 9.85. The molecule has 2 aromatic carbocycles. The van der Waals surface area contributed by atoms with E-state index in [0.29, 0.717) is 18.1 Å². The number of ether oxygens (including phenoxy) is 2. The van der Waals surface area contributed by atoms with Crippen molar-refractivity contribution in [3.63, 3.8) is 0 Å². The van der Waals surface area contributed by atoms with Crippen LogP contribution in [0.2, 0.25) is 0 Å². The van der Waals surface area contributed by atoms with E-state index in [9.17, 15) is 14.7 Å². The number of benzene rings is 2. The van der Waals surface area contributed by atoms with Gasteiger partial charge in [-0.25, -0.2) is 0 Å². The number of methoxy groups -OCH3 is 1. The number of likely N-dealkylation sites (tertiary alicyclic amines) is 1. The number of hydrogen-bond acceptors (Lipinski definition) is 5. The molecule has 0 aliphatic carbocycles. The van der Waals surface area contributed by atoms with Crippen molar-refractivity contribution in [2.45, 2.75) is 53.0 Å². The molecule has 1 aliphatic rings. The molecule has 1 atom stereocenters. The third-order valence-electron chi connectivity index (χ3n) is 6.19. The Morgan fingerprint density at radius 1 is 1.09 bits per heavy atom. The highest BCUT2D eigenvalue weighted by Crippen LogP contribution is 2.40. The maximum absolute atomic E-state index is 13.2. The topological polar surface area (TPSA) is 76.1 Å². The van der Waals surface area contributed by atoms with Crippen LogP contribution in [0, 0.1) is 12.8 Å². The van der Waals surface area contributed by atoms with Gasteiger partial charge in [-0.1, -0.05) is 58.9 Å². The summed E-state index contributed by atoms with van der Waals surface area (Å²) >= 11 is 0. The number of nitrogens with zero attached hydrogens (tertiary/aromatic N) is 1. The number of aliphatic hydroxyl groups excluding tert-OH is 1. The van der Waals surface area contributed by atoms with Crippen molar-refractivity contribution in [3.8, 4) is 5.75 Å². The molecule has 0 radical (unpaired) electrons. The van der Waals surface area contributed by atoms with E-state index in [2.05, 4.69) is 34.6 Å². The number of carbonyl (C=O) groups excluding carboxylic acids is 2. The number of amides is 1. The van der Waals surface area contributed by atoms with Gasteiger partial charge in [0.25, 0.3) is 11.7 Å². The Balaban J connectivity index is 2.08. The van der Waals surface area contributed by atoms with Crippen LogP contribution in [0.5, 0.6) is 5.75 Å². The second-order valence-electron chi connectivity index (χ2n) is 10.5. The quantitative estimate of drug-likeness (QED) is 0.312. The standard InChI is InChI=1S/C29H37NO5/c1-18(2)17-35-23-13-10-21(16-19(23)3)26(31)24-25(30(14-15-34-7)28(33)27(24)32)20-8-11-22(12-9-20)29(4,5)6/h8-13,16,18,25,31H,14-15,17H2,1-7H3/b26-24+/t25-/m0/s1. The van der Waals surface area contributed by atoms with Gasteiger partial charge in [0, 0.05) is 19.2 Å². The van der Waals surface area contributed by atoms with Gasteiger partial charge in [-0.2, -0.15) is 0 Å². The van der Waals surface area contributed by atoms with Crippen molar-refractivity contribution in [1.82, 2.24) is 4.90 Å². The molecule has 6 nitrogen and oxygen atoms in total. The molecule has 188 valence electrons. The van der Waals surface area contributed by atoms with Gasteiger partial charge in [0.2, 0.25) is 0 Å². The molecule has 35 heavy (non-hydrogen) atoms. The van der Waals surface area contributed by atoms with Crippen LogP contribution in [0.25, 0.3) is 5.76 Å². The Morgan fingerprint density at radius 2 is 1.74 bits per heavy atom. The lowest BCUT2D eigenvalue weighted by Crippen LogP contribution is -2.32. The minimum atomic E-state index is -0.698. The van der Waals surface area contributed by atoms with Crippen LogP contribution in [0.3, 0.4) is 0 Å². The monoisotopic (exact) mass is 479 g/mol. The number of aryl methyl sites for hydroxylation is 1. The molecular formula is C29H37NO5. The minimum absolute atomic E-state index is 0.0344. The molecule has 1 saturated heterocycles. The Morgan fingerprint density at radius 3 is 2.29 bits per heavy atom. The van der Waals surface area contributed by atoms with E-state index in [0.717, 1.165) is 22.4 Å². The lowest BCUT2D eigenvalue weighted by Gasteiger charge is -2.26. The number of aliphatic hydroxyl groups is 1. The molecule has 1 heterocycles. The summed E-state index contributed by atoms with van der Waals surface area (Å²) in [6.45, 7) is 13.5. The van der Waals surface area contributed by atoms with Crippen molar-refractivity contribution in [3.05, 3.63) is 70.3 Å². The molecule has 0 saturated carbocycles. The maximum atomic E-state index is 13.2. The first kappa shape index (κ1) is 26.5. The van der Waals surface area contributed by atoms with Crippen LogP contribution < -0.4 is 4.74 Å². The summed E-state index contributed by atoms with van der Waals surface area (Å²) in [6.07, 6.45) is 0. The van der Waals surface area contributed by atoms with E-state index in [1.54, 1.807) is 25.3 Å². The highest BCUT2D eigenvalue weighted by molar-refractivity contribution is 6.46. The largest absolute Gasteiger partial charge is 0.507 e. The van der Waals surface area contributed by atoms with Crippen LogP contribution >= 0.6 is 0 Å². The van der Waals surface area contributed by atoms with Crippen molar-refractivity contribution < 1.29 is 24.2 Å². The molecule has 1 fully saturated rings. The van der Waals surface area contributed by atoms with E-state index in [1.165, 1.54) is 4.90 Å². The number of rotatable bonds is 8. The Hall–Kier alpha value is -3.12. The van der Waals surface area contributed by atoms with Gasteiger partial charge in [-0.3, -0.25) is 9.59 Å². The number of ketones is 1. The second kappa shape index (κ2) is 10.6. The fraction of sp³-hybridized carbons (Fsp3) is 0.448. The third kappa shape index (κ3) is 5.76. The molecule has 1 aliphatic heterocycles. The second-order valence-corrected chi connectivity index (χ2v) is 10.5. The van der Waals surface area contributed by atoms with Crippen LogP contribution in [-0.4, -0.2) is 48.6 Å². The molecule has 1 N–H and O–H groups in total. The van der Waals surface area contributed by atoms with Gasteiger partial charge in [-0.15, -0.1) is 0 Å². The zero-order chi connectivity index (χ0) is 25.9. The molecule has 6 heteroatoms. The highest BCUT2D eigenvalue weighted by atomic mass is 16.5. The van der Waals surface area contributed by atoms with Crippen molar-refractivity contribution >= 4 is 17.4 Å². The first-order valence-electron chi connectivity index (χ1n) is 12.1. The van der Waals surface area contributed by atoms with E-state index in [-0.39, 0.29) is 29.9 Å². The highest BCUT2D eigenvalue weighted by Gasteiger charge is 2.46. The zero-order valence-electron chi connectivity index (χ0n) is 21.8. The minimum Gasteiger partial charge on any atom is -0.507 e. The van der Waals surface area contributed by atoms with Crippen molar-refractivity contribution in [2.24, 2.45) is 5.92 Å². The van der Waals surface area contributed by atoms with E-state index in [1.807, 2.05) is 31.2 Å². The first-order chi connectivity index (χ1) is 16.5. The van der Waals surface area contributed by atoms with E-state index < -0.39 is 17.7 Å². The third-order valence-corrected chi connectivity index (χ3v) is 6.19. The molecule has 0 spiro atoms. The molecule has 2 aromatic rings. The zero-order valence-corrected chi connectivity index (χ0v) is 21.8. The summed E-state index contributed by atoms with van der Waals surface area (Å²) in [5.41, 5.74) is 3.28. The van der Waals surface area contributed by atoms with Gasteiger partial charge in [0.15, 0.2) is 0 Å². The Bertz CT molecular complexity index is 1110. The van der Waals surface area contributed by atoms with Crippen molar-refractivity contribution in [1.29, 1.82) is 0 Å². The Kier molecular flexibility index (Phi) is 8.06. The van der Waals surface area contributed by atoms with Gasteiger partial charge in [0.1, 0.15) is 11.5 Å². The summed E-state index contributed by atoms with van der Waals surface area (Å²) in [5, 5.41) is 11.3.